The minimum atomic E-state index is -0.359. The average Bonchev–Trinajstić information content (AvgIpc) is 3.04. The van der Waals surface area contributed by atoms with E-state index in [2.05, 4.69) is 16.8 Å². The van der Waals surface area contributed by atoms with E-state index in [4.69, 9.17) is 0 Å². The van der Waals surface area contributed by atoms with Crippen LogP contribution in [0.1, 0.15) is 15.9 Å². The van der Waals surface area contributed by atoms with Gasteiger partial charge in [0.2, 0.25) is 0 Å². The van der Waals surface area contributed by atoms with Gasteiger partial charge in [-0.15, -0.1) is 16.8 Å². The van der Waals surface area contributed by atoms with Crippen LogP contribution in [0.25, 0.3) is 11.4 Å². The van der Waals surface area contributed by atoms with Gasteiger partial charge in [0.1, 0.15) is 5.82 Å². The predicted molar refractivity (Wildman–Crippen MR) is 102 cm³/mol. The van der Waals surface area contributed by atoms with Crippen LogP contribution in [0.2, 0.25) is 0 Å². The van der Waals surface area contributed by atoms with Crippen molar-refractivity contribution < 1.29 is 9.18 Å². The number of rotatable bonds is 7. The van der Waals surface area contributed by atoms with E-state index >= 15 is 0 Å². The summed E-state index contributed by atoms with van der Waals surface area (Å²) in [6.07, 6.45) is 1.77. The van der Waals surface area contributed by atoms with Gasteiger partial charge in [-0.2, -0.15) is 0 Å². The van der Waals surface area contributed by atoms with E-state index in [1.807, 2.05) is 35.8 Å². The van der Waals surface area contributed by atoms with Crippen molar-refractivity contribution in [1.82, 2.24) is 14.8 Å². The number of ketones is 1. The second kappa shape index (κ2) is 8.10. The normalized spacial score (nSPS) is 10.7. The maximum atomic E-state index is 13.0. The number of Topliss-reactive ketones (excluding diaryl/α,β-unsaturated/α-hetero) is 1. The summed E-state index contributed by atoms with van der Waals surface area (Å²) < 4.78 is 14.9. The van der Waals surface area contributed by atoms with Gasteiger partial charge in [0.25, 0.3) is 0 Å². The molecule has 0 fully saturated rings. The standard InChI is InChI=1S/C20H18FN3OS/c1-3-12-24-19(16-6-4-14(2)5-7-16)22-23-20(24)26-13-18(25)15-8-10-17(21)11-9-15/h3-11H,1,12-13H2,2H3. The van der Waals surface area contributed by atoms with E-state index in [1.54, 1.807) is 6.08 Å². The minimum absolute atomic E-state index is 0.0833. The summed E-state index contributed by atoms with van der Waals surface area (Å²) >= 11 is 1.31. The van der Waals surface area contributed by atoms with E-state index in [9.17, 15) is 9.18 Å². The lowest BCUT2D eigenvalue weighted by Crippen LogP contribution is -2.05. The van der Waals surface area contributed by atoms with Gasteiger partial charge < -0.3 is 0 Å². The Kier molecular flexibility index (Phi) is 5.63. The van der Waals surface area contributed by atoms with Gasteiger partial charge in [-0.3, -0.25) is 9.36 Å². The summed E-state index contributed by atoms with van der Waals surface area (Å²) in [7, 11) is 0. The van der Waals surface area contributed by atoms with Crippen LogP contribution in [-0.4, -0.2) is 26.3 Å². The number of benzene rings is 2. The SMILES string of the molecule is C=CCn1c(SCC(=O)c2ccc(F)cc2)nnc1-c1ccc(C)cc1. The lowest BCUT2D eigenvalue weighted by molar-refractivity contribution is 0.102. The highest BCUT2D eigenvalue weighted by Gasteiger charge is 2.15. The molecule has 26 heavy (non-hydrogen) atoms. The highest BCUT2D eigenvalue weighted by Crippen LogP contribution is 2.25. The van der Waals surface area contributed by atoms with Crippen LogP contribution in [0.3, 0.4) is 0 Å². The second-order valence-electron chi connectivity index (χ2n) is 5.79. The van der Waals surface area contributed by atoms with Crippen molar-refractivity contribution in [2.75, 3.05) is 5.75 Å². The van der Waals surface area contributed by atoms with E-state index in [1.165, 1.54) is 41.6 Å². The molecule has 0 N–H and O–H groups in total. The fraction of sp³-hybridized carbons (Fsp3) is 0.150. The number of hydrogen-bond acceptors (Lipinski definition) is 4. The van der Waals surface area contributed by atoms with Crippen molar-refractivity contribution in [2.24, 2.45) is 0 Å². The fourth-order valence-electron chi connectivity index (χ4n) is 2.45. The molecule has 0 aliphatic carbocycles. The Bertz CT molecular complexity index is 917. The molecule has 3 aromatic rings. The third kappa shape index (κ3) is 4.08. The van der Waals surface area contributed by atoms with Gasteiger partial charge in [0, 0.05) is 17.7 Å². The quantitative estimate of drug-likeness (QED) is 0.349. The molecule has 0 radical (unpaired) electrons. The number of hydrogen-bond donors (Lipinski definition) is 0. The Labute approximate surface area is 155 Å². The molecule has 0 spiro atoms. The van der Waals surface area contributed by atoms with Crippen LogP contribution in [0.4, 0.5) is 4.39 Å². The number of thioether (sulfide) groups is 1. The van der Waals surface area contributed by atoms with E-state index in [0.29, 0.717) is 17.3 Å². The van der Waals surface area contributed by atoms with Crippen molar-refractivity contribution in [3.8, 4) is 11.4 Å². The van der Waals surface area contributed by atoms with E-state index < -0.39 is 0 Å². The first-order valence-corrected chi connectivity index (χ1v) is 9.09. The molecule has 0 unspecified atom stereocenters. The Balaban J connectivity index is 1.79. The lowest BCUT2D eigenvalue weighted by atomic mass is 10.1. The fourth-order valence-corrected chi connectivity index (χ4v) is 3.30. The molecular weight excluding hydrogens is 349 g/mol. The summed E-state index contributed by atoms with van der Waals surface area (Å²) in [5.74, 6) is 0.499. The largest absolute Gasteiger partial charge is 0.298 e. The smallest absolute Gasteiger partial charge is 0.192 e. The van der Waals surface area contributed by atoms with E-state index in [-0.39, 0.29) is 17.4 Å². The molecule has 3 rings (SSSR count). The monoisotopic (exact) mass is 367 g/mol. The number of carbonyl (C=O) groups is 1. The number of nitrogens with zero attached hydrogens (tertiary/aromatic N) is 3. The highest BCUT2D eigenvalue weighted by atomic mass is 32.2. The zero-order valence-corrected chi connectivity index (χ0v) is 15.2. The van der Waals surface area contributed by atoms with Crippen LogP contribution < -0.4 is 0 Å². The van der Waals surface area contributed by atoms with Gasteiger partial charge in [0.05, 0.1) is 5.75 Å². The van der Waals surface area contributed by atoms with Crippen LogP contribution >= 0.6 is 11.8 Å². The summed E-state index contributed by atoms with van der Waals surface area (Å²) in [6.45, 7) is 6.36. The Morgan fingerprint density at radius 1 is 1.15 bits per heavy atom. The molecule has 0 atom stereocenters. The Hall–Kier alpha value is -2.73. The zero-order valence-electron chi connectivity index (χ0n) is 14.4. The van der Waals surface area contributed by atoms with Crippen LogP contribution in [0.5, 0.6) is 0 Å². The highest BCUT2D eigenvalue weighted by molar-refractivity contribution is 7.99. The summed E-state index contributed by atoms with van der Waals surface area (Å²) in [4.78, 5) is 12.3. The molecular formula is C20H18FN3OS. The molecule has 0 saturated heterocycles. The van der Waals surface area contributed by atoms with Crippen LogP contribution in [0, 0.1) is 12.7 Å². The van der Waals surface area contributed by atoms with Crippen LogP contribution in [-0.2, 0) is 6.54 Å². The van der Waals surface area contributed by atoms with Crippen molar-refractivity contribution in [3.63, 3.8) is 0 Å². The molecule has 0 saturated carbocycles. The molecule has 132 valence electrons. The van der Waals surface area contributed by atoms with E-state index in [0.717, 1.165) is 11.4 Å². The molecule has 0 bridgehead atoms. The maximum absolute atomic E-state index is 13.0. The number of aromatic nitrogens is 3. The maximum Gasteiger partial charge on any atom is 0.192 e. The van der Waals surface area contributed by atoms with Gasteiger partial charge in [-0.1, -0.05) is 47.7 Å². The average molecular weight is 367 g/mol. The van der Waals surface area contributed by atoms with Gasteiger partial charge in [-0.25, -0.2) is 4.39 Å². The predicted octanol–water partition coefficient (Wildman–Crippen LogP) is 4.55. The van der Waals surface area contributed by atoms with Gasteiger partial charge >= 0.3 is 0 Å². The third-order valence-corrected chi connectivity index (χ3v) is 4.80. The first-order valence-electron chi connectivity index (χ1n) is 8.11. The topological polar surface area (TPSA) is 47.8 Å². The molecule has 0 aliphatic rings. The molecule has 0 amide bonds. The number of aryl methyl sites for hydroxylation is 1. The summed E-state index contributed by atoms with van der Waals surface area (Å²) in [6, 6.07) is 13.6. The summed E-state index contributed by atoms with van der Waals surface area (Å²) in [5.41, 5.74) is 2.61. The van der Waals surface area contributed by atoms with Crippen molar-refractivity contribution >= 4 is 17.5 Å². The Morgan fingerprint density at radius 3 is 2.50 bits per heavy atom. The van der Waals surface area contributed by atoms with Crippen molar-refractivity contribution in [1.29, 1.82) is 0 Å². The lowest BCUT2D eigenvalue weighted by Gasteiger charge is -2.08. The van der Waals surface area contributed by atoms with Crippen molar-refractivity contribution in [3.05, 3.63) is 78.1 Å². The number of halogens is 1. The first kappa shape index (κ1) is 18.1. The summed E-state index contributed by atoms with van der Waals surface area (Å²) in [5, 5.41) is 9.16. The van der Waals surface area contributed by atoms with Crippen LogP contribution in [0.15, 0.2) is 66.3 Å². The molecule has 6 heteroatoms. The van der Waals surface area contributed by atoms with Gasteiger partial charge in [-0.05, 0) is 31.2 Å². The van der Waals surface area contributed by atoms with Gasteiger partial charge in [0.15, 0.2) is 16.8 Å². The molecule has 2 aromatic carbocycles. The van der Waals surface area contributed by atoms with Crippen molar-refractivity contribution in [2.45, 2.75) is 18.6 Å². The minimum Gasteiger partial charge on any atom is -0.298 e. The Morgan fingerprint density at radius 2 is 1.85 bits per heavy atom. The zero-order chi connectivity index (χ0) is 18.5. The first-order chi connectivity index (χ1) is 12.6. The molecule has 0 aliphatic heterocycles. The molecule has 1 heterocycles. The third-order valence-electron chi connectivity index (χ3n) is 3.84. The second-order valence-corrected chi connectivity index (χ2v) is 6.73. The number of allylic oxidation sites excluding steroid dienone is 1. The molecule has 4 nitrogen and oxygen atoms in total. The number of carbonyl (C=O) groups excluding carboxylic acids is 1. The molecule has 1 aromatic heterocycles.